The second-order valence-electron chi connectivity index (χ2n) is 7.45. The number of aliphatic hydroxyl groups excluding tert-OH is 1. The maximum absolute atomic E-state index is 10.7. The SMILES string of the molecule is COc1ccc2c(c1OC)C(C(C)O)N(C)c1c-2ccc2cc3c(cc12)OCO3. The van der Waals surface area contributed by atoms with E-state index < -0.39 is 6.10 Å². The number of nitrogens with zero attached hydrogens (tertiary/aromatic N) is 1. The molecule has 0 amide bonds. The molecule has 0 aromatic heterocycles. The first-order valence-electron chi connectivity index (χ1n) is 9.57. The van der Waals surface area contributed by atoms with Crippen molar-refractivity contribution in [2.45, 2.75) is 19.1 Å². The van der Waals surface area contributed by atoms with Gasteiger partial charge in [0.25, 0.3) is 0 Å². The molecule has 0 fully saturated rings. The Hall–Kier alpha value is -3.12. The lowest BCUT2D eigenvalue weighted by atomic mass is 9.84. The summed E-state index contributed by atoms with van der Waals surface area (Å²) in [5.74, 6) is 2.80. The summed E-state index contributed by atoms with van der Waals surface area (Å²) in [6.07, 6.45) is -0.628. The minimum absolute atomic E-state index is 0.236. The quantitative estimate of drug-likeness (QED) is 0.722. The molecule has 2 aliphatic heterocycles. The Labute approximate surface area is 169 Å². The van der Waals surface area contributed by atoms with Crippen molar-refractivity contribution in [1.82, 2.24) is 0 Å². The van der Waals surface area contributed by atoms with Crippen LogP contribution in [0.2, 0.25) is 0 Å². The van der Waals surface area contributed by atoms with E-state index in [4.69, 9.17) is 18.9 Å². The van der Waals surface area contributed by atoms with E-state index >= 15 is 0 Å². The molecule has 0 saturated carbocycles. The molecule has 3 aromatic carbocycles. The molecule has 5 rings (SSSR count). The van der Waals surface area contributed by atoms with Crippen LogP contribution in [0.3, 0.4) is 0 Å². The predicted octanol–water partition coefficient (Wildman–Crippen LogP) is 4.12. The smallest absolute Gasteiger partial charge is 0.231 e. The highest BCUT2D eigenvalue weighted by Crippen LogP contribution is 2.54. The molecular formula is C23H23NO5. The Morgan fingerprint density at radius 2 is 1.76 bits per heavy atom. The topological polar surface area (TPSA) is 60.4 Å². The van der Waals surface area contributed by atoms with Crippen molar-refractivity contribution in [2.75, 3.05) is 33.0 Å². The fourth-order valence-electron chi connectivity index (χ4n) is 4.67. The number of anilines is 1. The van der Waals surface area contributed by atoms with Crippen LogP contribution in [0.15, 0.2) is 36.4 Å². The van der Waals surface area contributed by atoms with Gasteiger partial charge in [-0.2, -0.15) is 0 Å². The summed E-state index contributed by atoms with van der Waals surface area (Å²) in [6.45, 7) is 2.04. The third-order valence-electron chi connectivity index (χ3n) is 5.88. The molecule has 2 unspecified atom stereocenters. The fraction of sp³-hybridized carbons (Fsp3) is 0.304. The van der Waals surface area contributed by atoms with Crippen LogP contribution < -0.4 is 23.8 Å². The fourth-order valence-corrected chi connectivity index (χ4v) is 4.67. The minimum Gasteiger partial charge on any atom is -0.493 e. The first kappa shape index (κ1) is 17.9. The number of ether oxygens (including phenoxy) is 4. The molecule has 0 spiro atoms. The monoisotopic (exact) mass is 393 g/mol. The summed E-state index contributed by atoms with van der Waals surface area (Å²) < 4.78 is 22.4. The number of rotatable bonds is 3. The maximum atomic E-state index is 10.7. The second-order valence-corrected chi connectivity index (χ2v) is 7.45. The minimum atomic E-state index is -0.628. The molecule has 2 heterocycles. The third kappa shape index (κ3) is 2.45. The Kier molecular flexibility index (Phi) is 3.99. The third-order valence-corrected chi connectivity index (χ3v) is 5.88. The molecule has 2 aliphatic rings. The molecule has 150 valence electrons. The highest BCUT2D eigenvalue weighted by Gasteiger charge is 2.37. The van der Waals surface area contributed by atoms with E-state index in [0.29, 0.717) is 11.5 Å². The number of fused-ring (bicyclic) bond motifs is 6. The lowest BCUT2D eigenvalue weighted by Crippen LogP contribution is -2.36. The second kappa shape index (κ2) is 6.46. The van der Waals surface area contributed by atoms with Crippen LogP contribution in [0.5, 0.6) is 23.0 Å². The van der Waals surface area contributed by atoms with E-state index in [1.807, 2.05) is 31.3 Å². The van der Waals surface area contributed by atoms with Crippen LogP contribution in [0, 0.1) is 0 Å². The van der Waals surface area contributed by atoms with Crippen molar-refractivity contribution in [1.29, 1.82) is 0 Å². The van der Waals surface area contributed by atoms with Gasteiger partial charge in [-0.1, -0.05) is 12.1 Å². The summed E-state index contributed by atoms with van der Waals surface area (Å²) in [4.78, 5) is 2.12. The van der Waals surface area contributed by atoms with Gasteiger partial charge in [-0.25, -0.2) is 0 Å². The lowest BCUT2D eigenvalue weighted by Gasteiger charge is -2.40. The van der Waals surface area contributed by atoms with Crippen molar-refractivity contribution in [2.24, 2.45) is 0 Å². The van der Waals surface area contributed by atoms with Gasteiger partial charge in [0.2, 0.25) is 6.79 Å². The number of hydrogen-bond donors (Lipinski definition) is 1. The highest BCUT2D eigenvalue weighted by atomic mass is 16.7. The van der Waals surface area contributed by atoms with Gasteiger partial charge in [0.15, 0.2) is 23.0 Å². The Bertz CT molecular complexity index is 1120. The van der Waals surface area contributed by atoms with Crippen LogP contribution in [0.4, 0.5) is 5.69 Å². The molecule has 0 saturated heterocycles. The molecule has 3 aromatic rings. The Morgan fingerprint density at radius 1 is 1.03 bits per heavy atom. The number of hydrogen-bond acceptors (Lipinski definition) is 6. The predicted molar refractivity (Wildman–Crippen MR) is 111 cm³/mol. The molecular weight excluding hydrogens is 370 g/mol. The summed E-state index contributed by atoms with van der Waals surface area (Å²) >= 11 is 0. The molecule has 0 bridgehead atoms. The zero-order valence-corrected chi connectivity index (χ0v) is 16.9. The first-order valence-corrected chi connectivity index (χ1v) is 9.57. The van der Waals surface area contributed by atoms with Crippen LogP contribution in [-0.2, 0) is 0 Å². The molecule has 0 aliphatic carbocycles. The van der Waals surface area contributed by atoms with Crippen LogP contribution in [0.25, 0.3) is 21.9 Å². The van der Waals surface area contributed by atoms with Gasteiger partial charge >= 0.3 is 0 Å². The van der Waals surface area contributed by atoms with Gasteiger partial charge in [-0.05, 0) is 42.1 Å². The van der Waals surface area contributed by atoms with E-state index in [9.17, 15) is 5.11 Å². The molecule has 6 heteroatoms. The van der Waals surface area contributed by atoms with Crippen molar-refractivity contribution in [3.05, 3.63) is 42.0 Å². The van der Waals surface area contributed by atoms with E-state index in [0.717, 1.165) is 44.6 Å². The zero-order valence-electron chi connectivity index (χ0n) is 16.9. The van der Waals surface area contributed by atoms with Crippen LogP contribution in [0.1, 0.15) is 18.5 Å². The standard InChI is InChI=1S/C23H23NO5/c1-12(25)21-20-14(7-8-17(26-3)23(20)27-4)15-6-5-13-9-18-19(29-11-28-18)10-16(13)22(15)24(21)2/h5-10,12,21,25H,11H2,1-4H3. The van der Waals surface area contributed by atoms with Gasteiger partial charge in [-0.15, -0.1) is 0 Å². The highest BCUT2D eigenvalue weighted by molar-refractivity contribution is 6.05. The van der Waals surface area contributed by atoms with Gasteiger partial charge in [0, 0.05) is 23.6 Å². The zero-order chi connectivity index (χ0) is 20.3. The van der Waals surface area contributed by atoms with Gasteiger partial charge in [-0.3, -0.25) is 0 Å². The molecule has 29 heavy (non-hydrogen) atoms. The van der Waals surface area contributed by atoms with E-state index in [1.54, 1.807) is 21.1 Å². The van der Waals surface area contributed by atoms with Crippen LogP contribution >= 0.6 is 0 Å². The van der Waals surface area contributed by atoms with Crippen molar-refractivity contribution in [3.8, 4) is 34.1 Å². The Balaban J connectivity index is 1.86. The van der Waals surface area contributed by atoms with Crippen LogP contribution in [-0.4, -0.2) is 39.3 Å². The average molecular weight is 393 g/mol. The first-order chi connectivity index (χ1) is 14.0. The normalized spacial score (nSPS) is 17.7. The molecule has 0 radical (unpaired) electrons. The van der Waals surface area contributed by atoms with E-state index in [2.05, 4.69) is 17.0 Å². The maximum Gasteiger partial charge on any atom is 0.231 e. The number of benzene rings is 3. The Morgan fingerprint density at radius 3 is 2.45 bits per heavy atom. The van der Waals surface area contributed by atoms with Gasteiger partial charge < -0.3 is 29.0 Å². The molecule has 6 nitrogen and oxygen atoms in total. The van der Waals surface area contributed by atoms with E-state index in [1.165, 1.54) is 0 Å². The van der Waals surface area contributed by atoms with Gasteiger partial charge in [0.05, 0.1) is 32.1 Å². The summed E-state index contributed by atoms with van der Waals surface area (Å²) in [5, 5.41) is 12.9. The summed E-state index contributed by atoms with van der Waals surface area (Å²) in [7, 11) is 5.26. The van der Waals surface area contributed by atoms with Crippen molar-refractivity contribution in [3.63, 3.8) is 0 Å². The summed E-state index contributed by atoms with van der Waals surface area (Å²) in [6, 6.07) is 11.9. The average Bonchev–Trinajstić information content (AvgIpc) is 3.17. The van der Waals surface area contributed by atoms with E-state index in [-0.39, 0.29) is 12.8 Å². The number of likely N-dealkylation sites (N-methyl/N-ethyl adjacent to an activating group) is 1. The van der Waals surface area contributed by atoms with Gasteiger partial charge in [0.1, 0.15) is 0 Å². The molecule has 1 N–H and O–H groups in total. The lowest BCUT2D eigenvalue weighted by molar-refractivity contribution is 0.159. The summed E-state index contributed by atoms with van der Waals surface area (Å²) in [5.41, 5.74) is 4.08. The largest absolute Gasteiger partial charge is 0.493 e. The van der Waals surface area contributed by atoms with Crippen molar-refractivity contribution >= 4 is 16.5 Å². The molecule has 2 atom stereocenters. The van der Waals surface area contributed by atoms with Crippen molar-refractivity contribution < 1.29 is 24.1 Å². The number of methoxy groups -OCH3 is 2. The number of aliphatic hydroxyl groups is 1.